The Morgan fingerprint density at radius 3 is 2.67 bits per heavy atom. The zero-order chi connectivity index (χ0) is 13.0. The van der Waals surface area contributed by atoms with Gasteiger partial charge in [-0.05, 0) is 25.0 Å². The predicted octanol–water partition coefficient (Wildman–Crippen LogP) is 0.452. The highest BCUT2D eigenvalue weighted by atomic mass is 16.4. The number of hydrogen-bond donors (Lipinski definition) is 1. The van der Waals surface area contributed by atoms with Crippen LogP contribution in [-0.4, -0.2) is 11.9 Å². The van der Waals surface area contributed by atoms with Gasteiger partial charge in [0.05, 0.1) is 12.8 Å². The van der Waals surface area contributed by atoms with Gasteiger partial charge >= 0.3 is 0 Å². The van der Waals surface area contributed by atoms with E-state index in [2.05, 4.69) is 5.32 Å². The van der Waals surface area contributed by atoms with E-state index in [4.69, 9.17) is 4.42 Å². The molecule has 1 amide bonds. The first-order valence-corrected chi connectivity index (χ1v) is 6.19. The second-order valence-electron chi connectivity index (χ2n) is 4.61. The van der Waals surface area contributed by atoms with Gasteiger partial charge in [0.25, 0.3) is 0 Å². The molecule has 98 valence electrons. The molecule has 18 heavy (non-hydrogen) atoms. The van der Waals surface area contributed by atoms with Crippen molar-refractivity contribution in [3.8, 4) is 0 Å². The Bertz CT molecular complexity index is 413. The number of hydrogen-bond acceptors (Lipinski definition) is 4. The lowest BCUT2D eigenvalue weighted by molar-refractivity contribution is -0.314. The van der Waals surface area contributed by atoms with Crippen molar-refractivity contribution in [3.63, 3.8) is 0 Å². The summed E-state index contributed by atoms with van der Waals surface area (Å²) < 4.78 is 5.10. The molecule has 0 aromatic carbocycles. The molecular weight excluding hydrogens is 234 g/mol. The lowest BCUT2D eigenvalue weighted by Gasteiger charge is -2.31. The molecule has 5 nitrogen and oxygen atoms in total. The second kappa shape index (κ2) is 5.71. The van der Waals surface area contributed by atoms with E-state index in [0.29, 0.717) is 25.1 Å². The van der Waals surface area contributed by atoms with E-state index in [1.54, 1.807) is 12.1 Å². The van der Waals surface area contributed by atoms with Crippen molar-refractivity contribution < 1.29 is 19.1 Å². The lowest BCUT2D eigenvalue weighted by atomic mass is 9.79. The summed E-state index contributed by atoms with van der Waals surface area (Å²) in [7, 11) is 0. The van der Waals surface area contributed by atoms with Crippen LogP contribution in [0, 0.1) is 11.8 Å². The highest BCUT2D eigenvalue weighted by Crippen LogP contribution is 2.29. The van der Waals surface area contributed by atoms with E-state index in [-0.39, 0.29) is 5.91 Å². The Hall–Kier alpha value is -1.78. The molecule has 1 N–H and O–H groups in total. The van der Waals surface area contributed by atoms with Gasteiger partial charge in [0, 0.05) is 17.8 Å². The van der Waals surface area contributed by atoms with Gasteiger partial charge in [0.1, 0.15) is 5.76 Å². The molecule has 1 heterocycles. The van der Waals surface area contributed by atoms with Crippen molar-refractivity contribution in [3.05, 3.63) is 24.2 Å². The lowest BCUT2D eigenvalue weighted by Crippen LogP contribution is -2.44. The van der Waals surface area contributed by atoms with E-state index in [1.807, 2.05) is 0 Å². The molecule has 0 unspecified atom stereocenters. The molecule has 0 spiro atoms. The SMILES string of the molecule is O=C([O-])[C@H]1CCCC[C@H]1C(=O)NCc1ccco1. The molecule has 0 saturated heterocycles. The number of amides is 1. The fourth-order valence-electron chi connectivity index (χ4n) is 2.45. The summed E-state index contributed by atoms with van der Waals surface area (Å²) in [4.78, 5) is 23.0. The van der Waals surface area contributed by atoms with Crippen LogP contribution in [0.1, 0.15) is 31.4 Å². The van der Waals surface area contributed by atoms with Crippen LogP contribution >= 0.6 is 0 Å². The maximum Gasteiger partial charge on any atom is 0.224 e. The van der Waals surface area contributed by atoms with Crippen molar-refractivity contribution in [1.82, 2.24) is 5.32 Å². The number of carboxylic acids is 1. The molecule has 0 bridgehead atoms. The minimum Gasteiger partial charge on any atom is -0.550 e. The van der Waals surface area contributed by atoms with Crippen LogP contribution in [0.25, 0.3) is 0 Å². The number of carbonyl (C=O) groups excluding carboxylic acids is 2. The van der Waals surface area contributed by atoms with Gasteiger partial charge in [-0.3, -0.25) is 4.79 Å². The zero-order valence-corrected chi connectivity index (χ0v) is 10.1. The van der Waals surface area contributed by atoms with Crippen LogP contribution in [0.3, 0.4) is 0 Å². The third-order valence-corrected chi connectivity index (χ3v) is 3.42. The number of carboxylic acid groups (broad SMARTS) is 1. The van der Waals surface area contributed by atoms with Crippen molar-refractivity contribution in [2.24, 2.45) is 11.8 Å². The minimum atomic E-state index is -1.12. The molecule has 5 heteroatoms. The van der Waals surface area contributed by atoms with E-state index in [9.17, 15) is 14.7 Å². The van der Waals surface area contributed by atoms with E-state index < -0.39 is 17.8 Å². The Labute approximate surface area is 105 Å². The topological polar surface area (TPSA) is 82.4 Å². The third kappa shape index (κ3) is 2.91. The predicted molar refractivity (Wildman–Crippen MR) is 61.0 cm³/mol. The number of furan rings is 1. The van der Waals surface area contributed by atoms with Gasteiger partial charge in [-0.25, -0.2) is 0 Å². The molecule has 2 rings (SSSR count). The molecular formula is C13H16NO4-. The maximum absolute atomic E-state index is 12.0. The fourth-order valence-corrected chi connectivity index (χ4v) is 2.45. The van der Waals surface area contributed by atoms with Gasteiger partial charge in [-0.2, -0.15) is 0 Å². The fraction of sp³-hybridized carbons (Fsp3) is 0.538. The van der Waals surface area contributed by atoms with Gasteiger partial charge in [-0.1, -0.05) is 12.8 Å². The van der Waals surface area contributed by atoms with E-state index in [1.165, 1.54) is 6.26 Å². The molecule has 2 atom stereocenters. The van der Waals surface area contributed by atoms with Gasteiger partial charge in [0.15, 0.2) is 0 Å². The Morgan fingerprint density at radius 2 is 2.06 bits per heavy atom. The monoisotopic (exact) mass is 250 g/mol. The largest absolute Gasteiger partial charge is 0.550 e. The summed E-state index contributed by atoms with van der Waals surface area (Å²) in [6.45, 7) is 0.294. The summed E-state index contributed by atoms with van der Waals surface area (Å²) in [6.07, 6.45) is 4.42. The summed E-state index contributed by atoms with van der Waals surface area (Å²) in [5.74, 6) is -1.81. The maximum atomic E-state index is 12.0. The Balaban J connectivity index is 1.92. The molecule has 0 aliphatic heterocycles. The smallest absolute Gasteiger partial charge is 0.224 e. The Kier molecular flexibility index (Phi) is 4.02. The summed E-state index contributed by atoms with van der Waals surface area (Å²) in [6, 6.07) is 3.50. The van der Waals surface area contributed by atoms with Crippen molar-refractivity contribution in [1.29, 1.82) is 0 Å². The van der Waals surface area contributed by atoms with Crippen LogP contribution < -0.4 is 10.4 Å². The molecule has 1 fully saturated rings. The minimum absolute atomic E-state index is 0.222. The third-order valence-electron chi connectivity index (χ3n) is 3.42. The Morgan fingerprint density at radius 1 is 1.33 bits per heavy atom. The quantitative estimate of drug-likeness (QED) is 0.841. The van der Waals surface area contributed by atoms with Crippen LogP contribution in [-0.2, 0) is 16.1 Å². The number of nitrogens with one attached hydrogen (secondary N) is 1. The van der Waals surface area contributed by atoms with Crippen LogP contribution in [0.2, 0.25) is 0 Å². The van der Waals surface area contributed by atoms with Gasteiger partial charge in [0.2, 0.25) is 5.91 Å². The first-order valence-electron chi connectivity index (χ1n) is 6.19. The molecule has 1 aliphatic rings. The molecule has 0 radical (unpaired) electrons. The molecule has 1 saturated carbocycles. The first-order chi connectivity index (χ1) is 8.68. The average molecular weight is 250 g/mol. The zero-order valence-electron chi connectivity index (χ0n) is 10.1. The number of aliphatic carboxylic acids is 1. The van der Waals surface area contributed by atoms with Crippen molar-refractivity contribution in [2.45, 2.75) is 32.2 Å². The normalized spacial score (nSPS) is 23.6. The van der Waals surface area contributed by atoms with Crippen molar-refractivity contribution in [2.75, 3.05) is 0 Å². The highest BCUT2D eigenvalue weighted by Gasteiger charge is 2.31. The molecule has 1 aliphatic carbocycles. The van der Waals surface area contributed by atoms with Crippen LogP contribution in [0.4, 0.5) is 0 Å². The molecule has 1 aromatic heterocycles. The summed E-state index contributed by atoms with van der Waals surface area (Å²) >= 11 is 0. The van der Waals surface area contributed by atoms with Crippen molar-refractivity contribution >= 4 is 11.9 Å². The summed E-state index contributed by atoms with van der Waals surface area (Å²) in [5, 5.41) is 13.7. The van der Waals surface area contributed by atoms with Gasteiger partial charge in [-0.15, -0.1) is 0 Å². The van der Waals surface area contributed by atoms with Gasteiger partial charge < -0.3 is 19.6 Å². The second-order valence-corrected chi connectivity index (χ2v) is 4.61. The van der Waals surface area contributed by atoms with E-state index in [0.717, 1.165) is 12.8 Å². The highest BCUT2D eigenvalue weighted by molar-refractivity contribution is 5.84. The van der Waals surface area contributed by atoms with E-state index >= 15 is 0 Å². The summed E-state index contributed by atoms with van der Waals surface area (Å²) in [5.41, 5.74) is 0. The number of carbonyl (C=O) groups is 2. The van der Waals surface area contributed by atoms with Crippen LogP contribution in [0.5, 0.6) is 0 Å². The first kappa shape index (κ1) is 12.7. The van der Waals surface area contributed by atoms with Crippen LogP contribution in [0.15, 0.2) is 22.8 Å². The standard InChI is InChI=1S/C13H17NO4/c15-12(14-8-9-4-3-7-18-9)10-5-1-2-6-11(10)13(16)17/h3-4,7,10-11H,1-2,5-6,8H2,(H,14,15)(H,16,17)/p-1/t10-,11+/m1/s1. The average Bonchev–Trinajstić information content (AvgIpc) is 2.89. The molecule has 1 aromatic rings. The number of rotatable bonds is 4.